The van der Waals surface area contributed by atoms with Crippen LogP contribution in [0.3, 0.4) is 0 Å². The number of hydrogen-bond acceptors (Lipinski definition) is 5. The van der Waals surface area contributed by atoms with Crippen LogP contribution in [0.2, 0.25) is 0 Å². The second-order valence-corrected chi connectivity index (χ2v) is 5.95. The number of amides is 1. The lowest BCUT2D eigenvalue weighted by molar-refractivity contribution is -0.305. The van der Waals surface area contributed by atoms with E-state index in [9.17, 15) is 14.7 Å². The molecule has 6 heteroatoms. The van der Waals surface area contributed by atoms with Crippen molar-refractivity contribution < 1.29 is 23.8 Å². The maximum Gasteiger partial charge on any atom is 0.246 e. The first kappa shape index (κ1) is 19.6. The number of ether oxygens (including phenoxy) is 1. The van der Waals surface area contributed by atoms with E-state index < -0.39 is 5.97 Å². The maximum absolute atomic E-state index is 12.2. The number of furan rings is 1. The molecule has 1 aromatic heterocycles. The van der Waals surface area contributed by atoms with Crippen LogP contribution in [0.15, 0.2) is 34.8 Å². The van der Waals surface area contributed by atoms with E-state index in [1.165, 1.54) is 0 Å². The van der Waals surface area contributed by atoms with Crippen LogP contribution >= 0.6 is 0 Å². The molecule has 140 valence electrons. The second-order valence-electron chi connectivity index (χ2n) is 5.95. The summed E-state index contributed by atoms with van der Waals surface area (Å²) >= 11 is 0. The van der Waals surface area contributed by atoms with E-state index in [-0.39, 0.29) is 18.9 Å². The number of carboxylic acid groups (broad SMARTS) is 1. The van der Waals surface area contributed by atoms with E-state index in [2.05, 4.69) is 0 Å². The summed E-state index contributed by atoms with van der Waals surface area (Å²) in [4.78, 5) is 24.4. The summed E-state index contributed by atoms with van der Waals surface area (Å²) in [6, 6.07) is 7.38. The highest BCUT2D eigenvalue weighted by Crippen LogP contribution is 2.31. The molecule has 0 N–H and O–H groups in total. The minimum absolute atomic E-state index is 0.0469. The molecular weight excluding hydrogens is 334 g/mol. The molecule has 0 aliphatic heterocycles. The van der Waals surface area contributed by atoms with Gasteiger partial charge in [-0.25, -0.2) is 0 Å². The number of nitrogens with zero attached hydrogens (tertiary/aromatic N) is 1. The summed E-state index contributed by atoms with van der Waals surface area (Å²) in [7, 11) is 0. The van der Waals surface area contributed by atoms with Crippen LogP contribution in [-0.4, -0.2) is 36.5 Å². The molecule has 1 aromatic carbocycles. The number of fused-ring (bicyclic) bond motifs is 1. The number of carbonyl (C=O) groups is 2. The summed E-state index contributed by atoms with van der Waals surface area (Å²) in [5, 5.41) is 11.3. The Balaban J connectivity index is 2.18. The topological polar surface area (TPSA) is 82.8 Å². The fraction of sp³-hybridized carbons (Fsp3) is 0.400. The van der Waals surface area contributed by atoms with Gasteiger partial charge in [-0.15, -0.1) is 0 Å². The summed E-state index contributed by atoms with van der Waals surface area (Å²) in [5.74, 6) is 0.0127. The van der Waals surface area contributed by atoms with Crippen LogP contribution in [0.5, 0.6) is 5.75 Å². The summed E-state index contributed by atoms with van der Waals surface area (Å²) in [6.45, 7) is 7.29. The minimum Gasteiger partial charge on any atom is -0.550 e. The summed E-state index contributed by atoms with van der Waals surface area (Å²) in [6.07, 6.45) is 1.89. The van der Waals surface area contributed by atoms with Gasteiger partial charge in [-0.2, -0.15) is 0 Å². The highest BCUT2D eigenvalue weighted by Gasteiger charge is 2.13. The fourth-order valence-electron chi connectivity index (χ4n) is 2.63. The second kappa shape index (κ2) is 9.08. The Labute approximate surface area is 153 Å². The first-order valence-corrected chi connectivity index (χ1v) is 8.79. The molecule has 6 nitrogen and oxygen atoms in total. The molecule has 0 fully saturated rings. The molecule has 1 amide bonds. The quantitative estimate of drug-likeness (QED) is 0.508. The molecule has 0 spiro atoms. The van der Waals surface area contributed by atoms with Gasteiger partial charge >= 0.3 is 0 Å². The Morgan fingerprint density at radius 1 is 1.27 bits per heavy atom. The zero-order valence-corrected chi connectivity index (χ0v) is 15.4. The lowest BCUT2D eigenvalue weighted by Gasteiger charge is -2.16. The van der Waals surface area contributed by atoms with Crippen LogP contribution in [-0.2, 0) is 9.59 Å². The van der Waals surface area contributed by atoms with Gasteiger partial charge in [0.05, 0.1) is 6.61 Å². The molecule has 0 saturated carbocycles. The van der Waals surface area contributed by atoms with Gasteiger partial charge < -0.3 is 24.0 Å². The summed E-state index contributed by atoms with van der Waals surface area (Å²) < 4.78 is 11.5. The molecule has 0 radical (unpaired) electrons. The number of likely N-dealkylation sites (N-methyl/N-ethyl adjacent to an activating group) is 1. The van der Waals surface area contributed by atoms with Crippen molar-refractivity contribution in [1.29, 1.82) is 0 Å². The number of rotatable bonds is 9. The van der Waals surface area contributed by atoms with Crippen molar-refractivity contribution in [3.05, 3.63) is 36.1 Å². The van der Waals surface area contributed by atoms with Crippen LogP contribution in [0.4, 0.5) is 0 Å². The molecule has 0 aliphatic carbocycles. The standard InChI is InChI=1S/C20H25NO5/c1-4-21(5-2)18(22)12-14(3)17-13-15-8-6-9-16(20(15)26-17)25-11-7-10-19(23)24/h6,8-9,12-13H,4-5,7,10-11H2,1-3H3,(H,23,24)/p-1/b14-12+. The zero-order chi connectivity index (χ0) is 19.1. The lowest BCUT2D eigenvalue weighted by Crippen LogP contribution is -2.28. The molecule has 0 atom stereocenters. The van der Waals surface area contributed by atoms with Crippen molar-refractivity contribution in [2.45, 2.75) is 33.6 Å². The Morgan fingerprint density at radius 3 is 2.65 bits per heavy atom. The number of allylic oxidation sites excluding steroid dienone is 1. The van der Waals surface area contributed by atoms with Gasteiger partial charge in [-0.1, -0.05) is 12.1 Å². The Hall–Kier alpha value is -2.76. The van der Waals surface area contributed by atoms with Gasteiger partial charge in [0.2, 0.25) is 5.91 Å². The van der Waals surface area contributed by atoms with Crippen molar-refractivity contribution >= 4 is 28.4 Å². The van der Waals surface area contributed by atoms with Gasteiger partial charge in [0.25, 0.3) is 0 Å². The van der Waals surface area contributed by atoms with Gasteiger partial charge in [0.15, 0.2) is 11.3 Å². The van der Waals surface area contributed by atoms with E-state index >= 15 is 0 Å². The van der Waals surface area contributed by atoms with E-state index in [1.807, 2.05) is 39.0 Å². The van der Waals surface area contributed by atoms with Gasteiger partial charge in [-0.3, -0.25) is 4.79 Å². The zero-order valence-electron chi connectivity index (χ0n) is 15.4. The summed E-state index contributed by atoms with van der Waals surface area (Å²) in [5.41, 5.74) is 1.32. The maximum atomic E-state index is 12.2. The lowest BCUT2D eigenvalue weighted by atomic mass is 10.2. The molecule has 1 heterocycles. The number of carboxylic acids is 1. The molecule has 0 aliphatic rings. The molecule has 26 heavy (non-hydrogen) atoms. The van der Waals surface area contributed by atoms with Gasteiger partial charge in [0, 0.05) is 30.5 Å². The van der Waals surface area contributed by atoms with Gasteiger partial charge in [-0.05, 0) is 51.3 Å². The monoisotopic (exact) mass is 358 g/mol. The van der Waals surface area contributed by atoms with Crippen molar-refractivity contribution in [2.24, 2.45) is 0 Å². The van der Waals surface area contributed by atoms with E-state index in [4.69, 9.17) is 9.15 Å². The predicted molar refractivity (Wildman–Crippen MR) is 97.5 cm³/mol. The molecule has 2 rings (SSSR count). The number of benzene rings is 1. The molecule has 0 saturated heterocycles. The molecular formula is C20H24NO5-. The van der Waals surface area contributed by atoms with Crippen LogP contribution < -0.4 is 9.84 Å². The molecule has 0 unspecified atom stereocenters. The molecule has 2 aromatic rings. The van der Waals surface area contributed by atoms with Crippen molar-refractivity contribution in [1.82, 2.24) is 4.90 Å². The van der Waals surface area contributed by atoms with E-state index in [0.717, 1.165) is 11.0 Å². The third kappa shape index (κ3) is 4.88. The molecule has 0 bridgehead atoms. The fourth-order valence-corrected chi connectivity index (χ4v) is 2.63. The first-order chi connectivity index (χ1) is 12.5. The highest BCUT2D eigenvalue weighted by atomic mass is 16.5. The van der Waals surface area contributed by atoms with Crippen molar-refractivity contribution in [3.8, 4) is 5.75 Å². The largest absolute Gasteiger partial charge is 0.550 e. The number of aliphatic carboxylic acids is 1. The van der Waals surface area contributed by atoms with Crippen molar-refractivity contribution in [3.63, 3.8) is 0 Å². The minimum atomic E-state index is -1.09. The third-order valence-corrected chi connectivity index (χ3v) is 4.09. The average molecular weight is 358 g/mol. The van der Waals surface area contributed by atoms with Crippen LogP contribution in [0.1, 0.15) is 39.4 Å². The normalized spacial score (nSPS) is 11.6. The Morgan fingerprint density at radius 2 is 2.00 bits per heavy atom. The van der Waals surface area contributed by atoms with Gasteiger partial charge in [0.1, 0.15) is 5.76 Å². The number of hydrogen-bond donors (Lipinski definition) is 0. The van der Waals surface area contributed by atoms with Crippen molar-refractivity contribution in [2.75, 3.05) is 19.7 Å². The van der Waals surface area contributed by atoms with Crippen LogP contribution in [0.25, 0.3) is 16.5 Å². The predicted octanol–water partition coefficient (Wildman–Crippen LogP) is 2.61. The first-order valence-electron chi connectivity index (χ1n) is 8.79. The SMILES string of the molecule is CCN(CC)C(=O)/C=C(\C)c1cc2cccc(OCCCC(=O)[O-])c2o1. The average Bonchev–Trinajstić information content (AvgIpc) is 3.04. The smallest absolute Gasteiger partial charge is 0.246 e. The number of carbonyl (C=O) groups excluding carboxylic acids is 2. The van der Waals surface area contributed by atoms with E-state index in [0.29, 0.717) is 36.6 Å². The highest BCUT2D eigenvalue weighted by molar-refractivity contribution is 5.95. The van der Waals surface area contributed by atoms with E-state index in [1.54, 1.807) is 17.0 Å². The third-order valence-electron chi connectivity index (χ3n) is 4.09. The Kier molecular flexibility index (Phi) is 6.83. The Bertz CT molecular complexity index is 802. The van der Waals surface area contributed by atoms with Crippen LogP contribution in [0, 0.1) is 0 Å². The number of para-hydroxylation sites is 1.